The van der Waals surface area contributed by atoms with Gasteiger partial charge < -0.3 is 10.3 Å². The summed E-state index contributed by atoms with van der Waals surface area (Å²) in [4.78, 5) is 21.4. The molecular weight excluding hydrogens is 491 g/mol. The van der Waals surface area contributed by atoms with Crippen LogP contribution in [0.3, 0.4) is 0 Å². The number of aromatic amines is 2. The van der Waals surface area contributed by atoms with Crippen LogP contribution in [0.25, 0.3) is 55.8 Å². The fourth-order valence-electron chi connectivity index (χ4n) is 5.57. The van der Waals surface area contributed by atoms with Crippen LogP contribution in [-0.2, 0) is 6.54 Å². The molecule has 1 aliphatic carbocycles. The number of hydrogen-bond acceptors (Lipinski definition) is 6. The number of hydrogen-bond donors (Lipinski definition) is 3. The molecule has 0 radical (unpaired) electrons. The van der Waals surface area contributed by atoms with Gasteiger partial charge in [-0.25, -0.2) is 9.37 Å². The largest absolute Gasteiger partial charge is 0.337 e. The Balaban J connectivity index is 1.23. The number of nitrogens with one attached hydrogen (secondary N) is 3. The van der Waals surface area contributed by atoms with Crippen molar-refractivity contribution in [2.24, 2.45) is 5.92 Å². The van der Waals surface area contributed by atoms with Crippen LogP contribution in [0.15, 0.2) is 67.4 Å². The van der Waals surface area contributed by atoms with Crippen LogP contribution in [0, 0.1) is 11.7 Å². The lowest BCUT2D eigenvalue weighted by Crippen LogP contribution is -2.20. The molecule has 1 aliphatic rings. The molecule has 7 rings (SSSR count). The van der Waals surface area contributed by atoms with Crippen molar-refractivity contribution in [1.82, 2.24) is 40.4 Å². The molecule has 0 atom stereocenters. The summed E-state index contributed by atoms with van der Waals surface area (Å²) in [6, 6.07) is 11.2. The van der Waals surface area contributed by atoms with Gasteiger partial charge in [0.25, 0.3) is 0 Å². The third-order valence-corrected chi connectivity index (χ3v) is 7.55. The van der Waals surface area contributed by atoms with Crippen LogP contribution < -0.4 is 5.32 Å². The lowest BCUT2D eigenvalue weighted by molar-refractivity contribution is 0.489. The van der Waals surface area contributed by atoms with E-state index in [-0.39, 0.29) is 5.52 Å². The van der Waals surface area contributed by atoms with Crippen LogP contribution >= 0.6 is 0 Å². The number of imidazole rings is 1. The van der Waals surface area contributed by atoms with Gasteiger partial charge in [0, 0.05) is 54.0 Å². The van der Waals surface area contributed by atoms with E-state index in [4.69, 9.17) is 4.98 Å². The van der Waals surface area contributed by atoms with E-state index in [1.165, 1.54) is 31.7 Å². The molecule has 5 aromatic heterocycles. The SMILES string of the molecule is Fc1cc(-c2cncc(CNCC3CCCC3)c2)cc2c(-c3nc4c(-c5cccnc5)nccc4[nH]3)[nH]nc12. The zero-order chi connectivity index (χ0) is 26.2. The molecule has 0 unspecified atom stereocenters. The first-order valence-corrected chi connectivity index (χ1v) is 13.3. The third-order valence-electron chi connectivity index (χ3n) is 7.55. The number of fused-ring (bicyclic) bond motifs is 2. The van der Waals surface area contributed by atoms with Gasteiger partial charge in [-0.2, -0.15) is 5.10 Å². The fraction of sp³-hybridized carbons (Fsp3) is 0.233. The Hall–Kier alpha value is -4.50. The van der Waals surface area contributed by atoms with Gasteiger partial charge >= 0.3 is 0 Å². The molecule has 194 valence electrons. The van der Waals surface area contributed by atoms with Gasteiger partial charge in [0.2, 0.25) is 0 Å². The second-order valence-corrected chi connectivity index (χ2v) is 10.2. The predicted octanol–water partition coefficient (Wildman–Crippen LogP) is 6.04. The van der Waals surface area contributed by atoms with E-state index >= 15 is 4.39 Å². The van der Waals surface area contributed by atoms with Crippen molar-refractivity contribution in [3.05, 3.63) is 78.8 Å². The number of rotatable bonds is 7. The Morgan fingerprint density at radius 3 is 2.69 bits per heavy atom. The molecule has 1 aromatic carbocycles. The summed E-state index contributed by atoms with van der Waals surface area (Å²) in [6.45, 7) is 1.77. The maximum Gasteiger partial charge on any atom is 0.157 e. The van der Waals surface area contributed by atoms with Crippen LogP contribution in [0.4, 0.5) is 4.39 Å². The minimum atomic E-state index is -0.399. The van der Waals surface area contributed by atoms with E-state index in [1.807, 2.05) is 30.5 Å². The number of aromatic nitrogens is 7. The average molecular weight is 519 g/mol. The minimum absolute atomic E-state index is 0.266. The number of pyridine rings is 3. The molecule has 8 nitrogen and oxygen atoms in total. The molecule has 9 heteroatoms. The highest BCUT2D eigenvalue weighted by molar-refractivity contribution is 5.97. The third kappa shape index (κ3) is 4.55. The highest BCUT2D eigenvalue weighted by Gasteiger charge is 2.19. The molecule has 0 bridgehead atoms. The first-order chi connectivity index (χ1) is 19.2. The Bertz CT molecular complexity index is 1770. The second kappa shape index (κ2) is 9.99. The highest BCUT2D eigenvalue weighted by Crippen LogP contribution is 2.33. The van der Waals surface area contributed by atoms with Gasteiger partial charge in [-0.1, -0.05) is 12.8 Å². The predicted molar refractivity (Wildman–Crippen MR) is 149 cm³/mol. The maximum absolute atomic E-state index is 15.3. The van der Waals surface area contributed by atoms with Crippen molar-refractivity contribution in [3.63, 3.8) is 0 Å². The van der Waals surface area contributed by atoms with E-state index < -0.39 is 5.82 Å². The molecule has 5 heterocycles. The second-order valence-electron chi connectivity index (χ2n) is 10.2. The molecule has 39 heavy (non-hydrogen) atoms. The normalized spacial score (nSPS) is 14.1. The van der Waals surface area contributed by atoms with Crippen molar-refractivity contribution >= 4 is 21.9 Å². The van der Waals surface area contributed by atoms with E-state index in [2.05, 4.69) is 41.5 Å². The van der Waals surface area contributed by atoms with Gasteiger partial charge in [0.15, 0.2) is 11.6 Å². The van der Waals surface area contributed by atoms with Gasteiger partial charge in [-0.15, -0.1) is 0 Å². The summed E-state index contributed by atoms with van der Waals surface area (Å²) in [7, 11) is 0. The van der Waals surface area contributed by atoms with E-state index in [1.54, 1.807) is 24.8 Å². The number of benzene rings is 1. The molecule has 1 fully saturated rings. The smallest absolute Gasteiger partial charge is 0.157 e. The van der Waals surface area contributed by atoms with Gasteiger partial charge in [0.1, 0.15) is 16.7 Å². The fourth-order valence-corrected chi connectivity index (χ4v) is 5.57. The average Bonchev–Trinajstić information content (AvgIpc) is 3.73. The molecule has 0 saturated heterocycles. The highest BCUT2D eigenvalue weighted by atomic mass is 19.1. The Labute approximate surface area is 224 Å². The molecule has 0 amide bonds. The summed E-state index contributed by atoms with van der Waals surface area (Å²) in [5.74, 6) is 0.931. The summed E-state index contributed by atoms with van der Waals surface area (Å²) in [5.41, 5.74) is 6.67. The Morgan fingerprint density at radius 2 is 1.82 bits per heavy atom. The maximum atomic E-state index is 15.3. The number of halogens is 1. The van der Waals surface area contributed by atoms with Crippen molar-refractivity contribution in [2.45, 2.75) is 32.2 Å². The molecule has 0 spiro atoms. The zero-order valence-electron chi connectivity index (χ0n) is 21.3. The van der Waals surface area contributed by atoms with Crippen LogP contribution in [0.5, 0.6) is 0 Å². The van der Waals surface area contributed by atoms with Crippen molar-refractivity contribution in [2.75, 3.05) is 6.54 Å². The number of nitrogens with zero attached hydrogens (tertiary/aromatic N) is 5. The first-order valence-electron chi connectivity index (χ1n) is 13.3. The van der Waals surface area contributed by atoms with E-state index in [0.717, 1.165) is 52.5 Å². The molecule has 1 saturated carbocycles. The van der Waals surface area contributed by atoms with E-state index in [0.29, 0.717) is 22.4 Å². The van der Waals surface area contributed by atoms with Gasteiger partial charge in [-0.3, -0.25) is 20.1 Å². The van der Waals surface area contributed by atoms with Crippen LogP contribution in [0.1, 0.15) is 31.2 Å². The topological polar surface area (TPSA) is 108 Å². The Kier molecular flexibility index (Phi) is 6.05. The minimum Gasteiger partial charge on any atom is -0.337 e. The first kappa shape index (κ1) is 23.6. The van der Waals surface area contributed by atoms with Crippen LogP contribution in [0.2, 0.25) is 0 Å². The zero-order valence-corrected chi connectivity index (χ0v) is 21.3. The molecular formula is C30H27FN8. The van der Waals surface area contributed by atoms with E-state index in [9.17, 15) is 0 Å². The standard InChI is InChI=1S/C30H27FN8/c31-24-12-21(22-10-19(15-34-17-22)14-33-13-18-4-1-2-5-18)11-23-27(24)38-39-28(23)30-36-25-7-9-35-26(29(25)37-30)20-6-3-8-32-16-20/h3,6-12,15-18,33H,1-2,4-5,13-14H2,(H,36,37)(H,38,39). The van der Waals surface area contributed by atoms with Crippen molar-refractivity contribution in [3.8, 4) is 33.9 Å². The van der Waals surface area contributed by atoms with Crippen molar-refractivity contribution < 1.29 is 4.39 Å². The monoisotopic (exact) mass is 518 g/mol. The summed E-state index contributed by atoms with van der Waals surface area (Å²) in [6.07, 6.45) is 14.1. The summed E-state index contributed by atoms with van der Waals surface area (Å²) >= 11 is 0. The van der Waals surface area contributed by atoms with Gasteiger partial charge in [0.05, 0.1) is 11.2 Å². The lowest BCUT2D eigenvalue weighted by atomic mass is 10.0. The summed E-state index contributed by atoms with van der Waals surface area (Å²) in [5, 5.41) is 11.5. The quantitative estimate of drug-likeness (QED) is 0.238. The van der Waals surface area contributed by atoms with Crippen LogP contribution in [-0.4, -0.2) is 41.7 Å². The van der Waals surface area contributed by atoms with Crippen molar-refractivity contribution in [1.29, 1.82) is 0 Å². The lowest BCUT2D eigenvalue weighted by Gasteiger charge is -2.11. The molecule has 0 aliphatic heterocycles. The summed E-state index contributed by atoms with van der Waals surface area (Å²) < 4.78 is 15.3. The Morgan fingerprint density at radius 1 is 0.923 bits per heavy atom. The molecule has 6 aromatic rings. The van der Waals surface area contributed by atoms with Gasteiger partial charge in [-0.05, 0) is 72.8 Å². The molecule has 3 N–H and O–H groups in total. The number of H-pyrrole nitrogens is 2.